The van der Waals surface area contributed by atoms with Crippen molar-refractivity contribution in [3.8, 4) is 0 Å². The summed E-state index contributed by atoms with van der Waals surface area (Å²) in [4.78, 5) is 23.5. The molecule has 8 heteroatoms. The van der Waals surface area contributed by atoms with E-state index in [2.05, 4.69) is 4.72 Å². The lowest BCUT2D eigenvalue weighted by Gasteiger charge is -2.19. The van der Waals surface area contributed by atoms with Crippen LogP contribution in [0.1, 0.15) is 49.4 Å². The molecule has 0 spiro atoms. The first-order chi connectivity index (χ1) is 12.2. The average Bonchev–Trinajstić information content (AvgIpc) is 2.49. The van der Waals surface area contributed by atoms with Crippen LogP contribution in [0.25, 0.3) is 0 Å². The molecular weight excluding hydrogens is 370 g/mol. The number of benzene rings is 1. The van der Waals surface area contributed by atoms with Crippen molar-refractivity contribution in [3.05, 3.63) is 28.3 Å². The monoisotopic (exact) mass is 399 g/mol. The van der Waals surface area contributed by atoms with Gasteiger partial charge in [0.05, 0.1) is 11.3 Å². The topological polar surface area (TPSA) is 98.8 Å². The van der Waals surface area contributed by atoms with Gasteiger partial charge < -0.3 is 9.47 Å². The van der Waals surface area contributed by atoms with E-state index >= 15 is 0 Å². The summed E-state index contributed by atoms with van der Waals surface area (Å²) in [7, 11) is -3.77. The number of sulfonamides is 1. The van der Waals surface area contributed by atoms with E-state index in [-0.39, 0.29) is 17.9 Å². The Kier molecular flexibility index (Phi) is 7.57. The van der Waals surface area contributed by atoms with Gasteiger partial charge in [-0.05, 0) is 70.7 Å². The Hall–Kier alpha value is -1.93. The third-order valence-electron chi connectivity index (χ3n) is 3.96. The predicted molar refractivity (Wildman–Crippen MR) is 102 cm³/mol. The molecule has 152 valence electrons. The molecule has 1 aromatic carbocycles. The van der Waals surface area contributed by atoms with Crippen LogP contribution in [-0.4, -0.2) is 39.1 Å². The van der Waals surface area contributed by atoms with Crippen molar-refractivity contribution in [1.29, 1.82) is 0 Å². The average molecular weight is 400 g/mol. The van der Waals surface area contributed by atoms with Gasteiger partial charge in [-0.25, -0.2) is 17.9 Å². The highest BCUT2D eigenvalue weighted by Crippen LogP contribution is 2.25. The third-order valence-corrected chi connectivity index (χ3v) is 5.69. The van der Waals surface area contributed by atoms with Gasteiger partial charge in [0.2, 0.25) is 10.0 Å². The highest BCUT2D eigenvalue weighted by Gasteiger charge is 2.22. The summed E-state index contributed by atoms with van der Waals surface area (Å²) in [6.45, 7) is 11.7. The van der Waals surface area contributed by atoms with E-state index in [1.807, 2.05) is 19.9 Å². The lowest BCUT2D eigenvalue weighted by atomic mass is 10.0. The van der Waals surface area contributed by atoms with Crippen LogP contribution in [0.3, 0.4) is 0 Å². The number of ether oxygens (including phenoxy) is 2. The molecule has 0 aromatic heterocycles. The molecule has 0 bridgehead atoms. The predicted octanol–water partition coefficient (Wildman–Crippen LogP) is 2.47. The van der Waals surface area contributed by atoms with Gasteiger partial charge in [0.1, 0.15) is 5.60 Å². The highest BCUT2D eigenvalue weighted by molar-refractivity contribution is 7.89. The first kappa shape index (κ1) is 23.1. The SMILES string of the molecule is Cc1cc(C)c(C)c(S(=O)(=O)NCCC(=O)OCC(=O)OC(C)(C)C)c1C. The molecule has 0 atom stereocenters. The molecule has 0 saturated carbocycles. The smallest absolute Gasteiger partial charge is 0.344 e. The Bertz CT molecular complexity index is 795. The number of hydrogen-bond donors (Lipinski definition) is 1. The van der Waals surface area contributed by atoms with Crippen LogP contribution < -0.4 is 4.72 Å². The number of rotatable bonds is 7. The minimum atomic E-state index is -3.77. The van der Waals surface area contributed by atoms with Crippen molar-refractivity contribution in [2.24, 2.45) is 0 Å². The van der Waals surface area contributed by atoms with Gasteiger partial charge in [-0.15, -0.1) is 0 Å². The van der Waals surface area contributed by atoms with Crippen LogP contribution >= 0.6 is 0 Å². The number of carbonyl (C=O) groups is 2. The molecule has 0 radical (unpaired) electrons. The zero-order chi connectivity index (χ0) is 21.0. The molecule has 0 unspecified atom stereocenters. The molecule has 0 heterocycles. The van der Waals surface area contributed by atoms with E-state index < -0.39 is 34.2 Å². The Morgan fingerprint density at radius 3 is 2.00 bits per heavy atom. The van der Waals surface area contributed by atoms with Gasteiger partial charge in [-0.3, -0.25) is 4.79 Å². The van der Waals surface area contributed by atoms with Crippen molar-refractivity contribution in [2.75, 3.05) is 13.2 Å². The van der Waals surface area contributed by atoms with Gasteiger partial charge in [0, 0.05) is 6.54 Å². The minimum Gasteiger partial charge on any atom is -0.457 e. The lowest BCUT2D eigenvalue weighted by Crippen LogP contribution is -2.30. The van der Waals surface area contributed by atoms with E-state index in [1.54, 1.807) is 34.6 Å². The molecule has 0 aliphatic carbocycles. The summed E-state index contributed by atoms with van der Waals surface area (Å²) in [5, 5.41) is 0. The van der Waals surface area contributed by atoms with Gasteiger partial charge in [-0.1, -0.05) is 6.07 Å². The zero-order valence-electron chi connectivity index (χ0n) is 17.1. The fraction of sp³-hybridized carbons (Fsp3) is 0.579. The van der Waals surface area contributed by atoms with Crippen molar-refractivity contribution in [3.63, 3.8) is 0 Å². The molecule has 1 rings (SSSR count). The van der Waals surface area contributed by atoms with Gasteiger partial charge in [0.15, 0.2) is 6.61 Å². The first-order valence-corrected chi connectivity index (χ1v) is 10.2. The van der Waals surface area contributed by atoms with Crippen LogP contribution in [0.5, 0.6) is 0 Å². The van der Waals surface area contributed by atoms with Crippen LogP contribution in [0.2, 0.25) is 0 Å². The van der Waals surface area contributed by atoms with E-state index in [9.17, 15) is 18.0 Å². The summed E-state index contributed by atoms with van der Waals surface area (Å²) in [6, 6.07) is 1.94. The Morgan fingerprint density at radius 2 is 1.52 bits per heavy atom. The molecule has 0 fully saturated rings. The van der Waals surface area contributed by atoms with E-state index in [1.165, 1.54) is 0 Å². The van der Waals surface area contributed by atoms with Crippen LogP contribution in [0, 0.1) is 27.7 Å². The maximum absolute atomic E-state index is 12.6. The molecule has 0 amide bonds. The standard InChI is InChI=1S/C19H29NO6S/c1-12-10-13(2)15(4)18(14(12)3)27(23,24)20-9-8-16(21)25-11-17(22)26-19(5,6)7/h10,20H,8-9,11H2,1-7H3. The van der Waals surface area contributed by atoms with Gasteiger partial charge >= 0.3 is 11.9 Å². The Labute approximate surface area is 161 Å². The second kappa shape index (κ2) is 8.84. The molecule has 0 aliphatic rings. The largest absolute Gasteiger partial charge is 0.457 e. The summed E-state index contributed by atoms with van der Waals surface area (Å²) in [6.07, 6.45) is -0.190. The molecule has 1 N–H and O–H groups in total. The normalized spacial score (nSPS) is 12.0. The fourth-order valence-corrected chi connectivity index (χ4v) is 4.17. The number of nitrogens with one attached hydrogen (secondary N) is 1. The van der Waals surface area contributed by atoms with E-state index in [0.29, 0.717) is 11.1 Å². The van der Waals surface area contributed by atoms with Crippen molar-refractivity contribution in [1.82, 2.24) is 4.72 Å². The zero-order valence-corrected chi connectivity index (χ0v) is 17.9. The van der Waals surface area contributed by atoms with Gasteiger partial charge in [0.25, 0.3) is 0 Å². The van der Waals surface area contributed by atoms with Crippen LogP contribution in [0.15, 0.2) is 11.0 Å². The Morgan fingerprint density at radius 1 is 1.00 bits per heavy atom. The fourth-order valence-electron chi connectivity index (χ4n) is 2.53. The van der Waals surface area contributed by atoms with Crippen molar-refractivity contribution >= 4 is 22.0 Å². The third kappa shape index (κ3) is 6.95. The van der Waals surface area contributed by atoms with E-state index in [0.717, 1.165) is 11.1 Å². The van der Waals surface area contributed by atoms with Crippen molar-refractivity contribution < 1.29 is 27.5 Å². The molecule has 1 aromatic rings. The summed E-state index contributed by atoms with van der Waals surface area (Å²) < 4.78 is 37.5. The number of aryl methyl sites for hydroxylation is 2. The highest BCUT2D eigenvalue weighted by atomic mass is 32.2. The molecule has 7 nitrogen and oxygen atoms in total. The number of esters is 2. The second-order valence-corrected chi connectivity index (χ2v) is 9.19. The van der Waals surface area contributed by atoms with Crippen molar-refractivity contribution in [2.45, 2.75) is 65.4 Å². The maximum atomic E-state index is 12.6. The van der Waals surface area contributed by atoms with Crippen LogP contribution in [0.4, 0.5) is 0 Å². The summed E-state index contributed by atoms with van der Waals surface area (Å²) >= 11 is 0. The summed E-state index contributed by atoms with van der Waals surface area (Å²) in [5.74, 6) is -1.34. The van der Waals surface area contributed by atoms with Gasteiger partial charge in [-0.2, -0.15) is 0 Å². The van der Waals surface area contributed by atoms with Crippen LogP contribution in [-0.2, 0) is 29.1 Å². The molecule has 0 saturated heterocycles. The first-order valence-electron chi connectivity index (χ1n) is 8.69. The maximum Gasteiger partial charge on any atom is 0.344 e. The number of carbonyl (C=O) groups excluding carboxylic acids is 2. The molecule has 0 aliphatic heterocycles. The quantitative estimate of drug-likeness (QED) is 0.707. The number of hydrogen-bond acceptors (Lipinski definition) is 6. The summed E-state index contributed by atoms with van der Waals surface area (Å²) in [5.41, 5.74) is 2.46. The second-order valence-electron chi connectivity index (χ2n) is 7.48. The lowest BCUT2D eigenvalue weighted by molar-refractivity contribution is -0.166. The Balaban J connectivity index is 2.64. The minimum absolute atomic E-state index is 0.124. The van der Waals surface area contributed by atoms with E-state index in [4.69, 9.17) is 9.47 Å². The molecule has 27 heavy (non-hydrogen) atoms. The molecular formula is C19H29NO6S.